The Hall–Kier alpha value is -0.850. The van der Waals surface area contributed by atoms with E-state index >= 15 is 0 Å². The number of nitrogens with one attached hydrogen (secondary N) is 1. The molecule has 0 aromatic rings. The molecule has 2 unspecified atom stereocenters. The molecule has 2 N–H and O–H groups in total. The molecule has 6 nitrogen and oxygen atoms in total. The van der Waals surface area contributed by atoms with Crippen molar-refractivity contribution in [3.8, 4) is 0 Å². The quantitative estimate of drug-likeness (QED) is 0.704. The van der Waals surface area contributed by atoms with Gasteiger partial charge in [-0.15, -0.1) is 0 Å². The maximum Gasteiger partial charge on any atom is 0.407 e. The zero-order valence-corrected chi connectivity index (χ0v) is 13.4. The maximum atomic E-state index is 11.7. The second kappa shape index (κ2) is 9.23. The Morgan fingerprint density at radius 2 is 2.19 bits per heavy atom. The Morgan fingerprint density at radius 1 is 1.43 bits per heavy atom. The number of carbonyl (C=O) groups is 1. The molecule has 0 bridgehead atoms. The summed E-state index contributed by atoms with van der Waals surface area (Å²) < 4.78 is 16.7. The van der Waals surface area contributed by atoms with Gasteiger partial charge >= 0.3 is 6.09 Å². The van der Waals surface area contributed by atoms with Crippen molar-refractivity contribution < 1.29 is 24.1 Å². The molecule has 0 aromatic carbocycles. The van der Waals surface area contributed by atoms with E-state index in [0.717, 1.165) is 25.9 Å². The van der Waals surface area contributed by atoms with Crippen molar-refractivity contribution in [3.05, 3.63) is 0 Å². The molecular formula is C15H29NO5. The number of hydrogen-bond acceptors (Lipinski definition) is 5. The average molecular weight is 303 g/mol. The lowest BCUT2D eigenvalue weighted by Gasteiger charge is -2.32. The largest absolute Gasteiger partial charge is 0.443 e. The molecule has 1 heterocycles. The lowest BCUT2D eigenvalue weighted by atomic mass is 9.89. The van der Waals surface area contributed by atoms with Gasteiger partial charge in [-0.3, -0.25) is 0 Å². The zero-order chi connectivity index (χ0) is 15.7. The van der Waals surface area contributed by atoms with Crippen molar-refractivity contribution in [3.63, 3.8) is 0 Å². The first-order valence-electron chi connectivity index (χ1n) is 7.72. The first-order chi connectivity index (χ1) is 9.93. The van der Waals surface area contributed by atoms with Gasteiger partial charge in [-0.1, -0.05) is 20.8 Å². The highest BCUT2D eigenvalue weighted by Crippen LogP contribution is 2.24. The number of aliphatic hydroxyl groups is 1. The Labute approximate surface area is 127 Å². The maximum absolute atomic E-state index is 11.7. The molecule has 0 saturated carbocycles. The fourth-order valence-corrected chi connectivity index (χ4v) is 1.94. The molecule has 0 aliphatic carbocycles. The first-order valence-corrected chi connectivity index (χ1v) is 7.72. The molecule has 1 rings (SSSR count). The van der Waals surface area contributed by atoms with Crippen LogP contribution in [-0.4, -0.2) is 50.0 Å². The van der Waals surface area contributed by atoms with Crippen molar-refractivity contribution in [2.24, 2.45) is 5.41 Å². The molecule has 6 heteroatoms. The number of aliphatic hydroxyl groups excluding tert-OH is 1. The molecule has 1 saturated heterocycles. The molecule has 0 spiro atoms. The van der Waals surface area contributed by atoms with Crippen LogP contribution >= 0.6 is 0 Å². The first kappa shape index (κ1) is 18.2. The van der Waals surface area contributed by atoms with Crippen molar-refractivity contribution in [1.82, 2.24) is 5.32 Å². The summed E-state index contributed by atoms with van der Waals surface area (Å²) in [5, 5.41) is 11.3. The normalized spacial score (nSPS) is 20.9. The molecule has 124 valence electrons. The topological polar surface area (TPSA) is 77.0 Å². The van der Waals surface area contributed by atoms with Crippen LogP contribution < -0.4 is 5.32 Å². The van der Waals surface area contributed by atoms with Gasteiger partial charge in [0.25, 0.3) is 0 Å². The van der Waals surface area contributed by atoms with Gasteiger partial charge in [0.15, 0.2) is 6.29 Å². The van der Waals surface area contributed by atoms with E-state index in [1.165, 1.54) is 0 Å². The summed E-state index contributed by atoms with van der Waals surface area (Å²) in [6, 6.07) is 0. The van der Waals surface area contributed by atoms with E-state index in [0.29, 0.717) is 19.6 Å². The minimum Gasteiger partial charge on any atom is -0.443 e. The molecule has 21 heavy (non-hydrogen) atoms. The van der Waals surface area contributed by atoms with E-state index in [1.54, 1.807) is 0 Å². The molecule has 1 aliphatic heterocycles. The van der Waals surface area contributed by atoms with Gasteiger partial charge < -0.3 is 24.6 Å². The van der Waals surface area contributed by atoms with E-state index in [9.17, 15) is 4.79 Å². The predicted octanol–water partition coefficient (Wildman–Crippen LogP) is 2.05. The molecule has 2 atom stereocenters. The van der Waals surface area contributed by atoms with Crippen LogP contribution in [0.25, 0.3) is 0 Å². The van der Waals surface area contributed by atoms with Gasteiger partial charge in [0, 0.05) is 25.2 Å². The van der Waals surface area contributed by atoms with Crippen LogP contribution in [0.3, 0.4) is 0 Å². The summed E-state index contributed by atoms with van der Waals surface area (Å²) >= 11 is 0. The Balaban J connectivity index is 2.38. The predicted molar refractivity (Wildman–Crippen MR) is 79.0 cm³/mol. The smallest absolute Gasteiger partial charge is 0.407 e. The number of amides is 1. The molecule has 1 amide bonds. The summed E-state index contributed by atoms with van der Waals surface area (Å²) in [7, 11) is 0. The SMILES string of the molecule is CC(C)(C)C(COC1CCCCO1)OC(=O)NCCCO. The van der Waals surface area contributed by atoms with Crippen molar-refractivity contribution >= 4 is 6.09 Å². The van der Waals surface area contributed by atoms with E-state index < -0.39 is 6.09 Å². The second-order valence-electron chi connectivity index (χ2n) is 6.39. The van der Waals surface area contributed by atoms with Crippen LogP contribution in [0.4, 0.5) is 4.79 Å². The van der Waals surface area contributed by atoms with Gasteiger partial charge in [0.05, 0.1) is 6.61 Å². The van der Waals surface area contributed by atoms with Crippen LogP contribution in [0.15, 0.2) is 0 Å². The molecule has 0 radical (unpaired) electrons. The second-order valence-corrected chi connectivity index (χ2v) is 6.39. The molecular weight excluding hydrogens is 274 g/mol. The van der Waals surface area contributed by atoms with Crippen molar-refractivity contribution in [2.75, 3.05) is 26.4 Å². The van der Waals surface area contributed by atoms with Crippen LogP contribution in [-0.2, 0) is 14.2 Å². The zero-order valence-electron chi connectivity index (χ0n) is 13.4. The van der Waals surface area contributed by atoms with Crippen LogP contribution in [0.5, 0.6) is 0 Å². The Bertz CT molecular complexity index is 297. The summed E-state index contributed by atoms with van der Waals surface area (Å²) in [4.78, 5) is 11.7. The molecule has 1 fully saturated rings. The van der Waals surface area contributed by atoms with Gasteiger partial charge in [-0.25, -0.2) is 4.79 Å². The monoisotopic (exact) mass is 303 g/mol. The summed E-state index contributed by atoms with van der Waals surface area (Å²) in [6.45, 7) is 7.51. The fraction of sp³-hybridized carbons (Fsp3) is 0.933. The standard InChI is InChI=1S/C15H29NO5/c1-15(2,3)12(21-14(18)16-8-6-9-17)11-20-13-7-4-5-10-19-13/h12-13,17H,4-11H2,1-3H3,(H,16,18). The summed E-state index contributed by atoms with van der Waals surface area (Å²) in [6.07, 6.45) is 2.57. The number of hydrogen-bond donors (Lipinski definition) is 2. The number of ether oxygens (including phenoxy) is 3. The minimum atomic E-state index is -0.475. The van der Waals surface area contributed by atoms with Crippen molar-refractivity contribution in [1.29, 1.82) is 0 Å². The Kier molecular flexibility index (Phi) is 8.00. The van der Waals surface area contributed by atoms with E-state index in [1.807, 2.05) is 20.8 Å². The fourth-order valence-electron chi connectivity index (χ4n) is 1.94. The lowest BCUT2D eigenvalue weighted by molar-refractivity contribution is -0.182. The van der Waals surface area contributed by atoms with Gasteiger partial charge in [0.2, 0.25) is 0 Å². The average Bonchev–Trinajstić information content (AvgIpc) is 2.43. The van der Waals surface area contributed by atoms with Crippen LogP contribution in [0, 0.1) is 5.41 Å². The molecule has 0 aromatic heterocycles. The Morgan fingerprint density at radius 3 is 2.76 bits per heavy atom. The van der Waals surface area contributed by atoms with E-state index in [2.05, 4.69) is 5.32 Å². The van der Waals surface area contributed by atoms with Crippen molar-refractivity contribution in [2.45, 2.75) is 58.8 Å². The molecule has 1 aliphatic rings. The van der Waals surface area contributed by atoms with Gasteiger partial charge in [0.1, 0.15) is 6.10 Å². The third-order valence-corrected chi connectivity index (χ3v) is 3.39. The lowest BCUT2D eigenvalue weighted by Crippen LogP contribution is -2.41. The van der Waals surface area contributed by atoms with E-state index in [4.69, 9.17) is 19.3 Å². The van der Waals surface area contributed by atoms with Crippen LogP contribution in [0.1, 0.15) is 46.5 Å². The highest BCUT2D eigenvalue weighted by molar-refractivity contribution is 5.67. The summed E-state index contributed by atoms with van der Waals surface area (Å²) in [5.41, 5.74) is -0.219. The van der Waals surface area contributed by atoms with Crippen LogP contribution in [0.2, 0.25) is 0 Å². The van der Waals surface area contributed by atoms with Gasteiger partial charge in [-0.05, 0) is 25.7 Å². The number of alkyl carbamates (subject to hydrolysis) is 1. The highest BCUT2D eigenvalue weighted by Gasteiger charge is 2.30. The number of carbonyl (C=O) groups excluding carboxylic acids is 1. The summed E-state index contributed by atoms with van der Waals surface area (Å²) in [5.74, 6) is 0. The van der Waals surface area contributed by atoms with Gasteiger partial charge in [-0.2, -0.15) is 0 Å². The third-order valence-electron chi connectivity index (χ3n) is 3.39. The third kappa shape index (κ3) is 7.64. The van der Waals surface area contributed by atoms with E-state index in [-0.39, 0.29) is 24.4 Å². The number of rotatable bonds is 7. The highest BCUT2D eigenvalue weighted by atomic mass is 16.7. The minimum absolute atomic E-state index is 0.0467.